The Kier molecular flexibility index (Phi) is 8.55. The average molecular weight is 546 g/mol. The van der Waals surface area contributed by atoms with Gasteiger partial charge in [0.05, 0.1) is 28.8 Å². The largest absolute Gasteiger partial charge is 0.463 e. The van der Waals surface area contributed by atoms with Crippen molar-refractivity contribution in [2.75, 3.05) is 31.9 Å². The number of carbonyl (C=O) groups is 3. The third kappa shape index (κ3) is 5.70. The highest BCUT2D eigenvalue weighted by molar-refractivity contribution is 8.33. The van der Waals surface area contributed by atoms with Crippen LogP contribution in [0, 0.1) is 5.92 Å². The summed E-state index contributed by atoms with van der Waals surface area (Å²) in [6.07, 6.45) is 9.05. The van der Waals surface area contributed by atoms with Crippen LogP contribution in [0.1, 0.15) is 58.6 Å². The molecule has 1 aliphatic heterocycles. The lowest BCUT2D eigenvalue weighted by molar-refractivity contribution is -0.148. The van der Waals surface area contributed by atoms with E-state index in [9.17, 15) is 14.4 Å². The summed E-state index contributed by atoms with van der Waals surface area (Å²) in [6.45, 7) is 7.27. The minimum atomic E-state index is -1.18. The Hall–Kier alpha value is -3.01. The van der Waals surface area contributed by atoms with Crippen molar-refractivity contribution in [3.63, 3.8) is 0 Å². The summed E-state index contributed by atoms with van der Waals surface area (Å²) in [5.74, 6) is -0.753. The maximum Gasteiger partial charge on any atom is 0.319 e. The molecule has 1 aliphatic carbocycles. The Morgan fingerprint density at radius 2 is 1.74 bits per heavy atom. The quantitative estimate of drug-likeness (QED) is 0.260. The van der Waals surface area contributed by atoms with Crippen LogP contribution in [0.5, 0.6) is 0 Å². The van der Waals surface area contributed by atoms with Gasteiger partial charge in [-0.2, -0.15) is 4.99 Å². The van der Waals surface area contributed by atoms with Crippen molar-refractivity contribution in [3.05, 3.63) is 47.2 Å². The van der Waals surface area contributed by atoms with Gasteiger partial charge in [0.25, 0.3) is 5.91 Å². The monoisotopic (exact) mass is 545 g/mol. The third-order valence-electron chi connectivity index (χ3n) is 7.84. The molecular weight excluding hydrogens is 502 g/mol. The molecule has 3 rings (SSSR count). The molecule has 1 aromatic carbocycles. The average Bonchev–Trinajstić information content (AvgIpc) is 3.04. The topological polar surface area (TPSA) is 140 Å². The van der Waals surface area contributed by atoms with Crippen molar-refractivity contribution in [3.8, 4) is 0 Å². The SMILES string of the molecule is CC(C)C(=O)OCC(NC(=O)N1CC(C(N)=NC(=O)C2(S(C)(C)C)CCC2)=C(N)C1(C)C)c1ccccc1. The number of hydrogen-bond donors (Lipinski definition) is 3. The van der Waals surface area contributed by atoms with Gasteiger partial charge in [0.2, 0.25) is 0 Å². The lowest BCUT2D eigenvalue weighted by Gasteiger charge is -2.52. The normalized spacial score (nSPS) is 20.1. The number of nitrogens with two attached hydrogens (primary N) is 2. The van der Waals surface area contributed by atoms with E-state index in [0.29, 0.717) is 11.3 Å². The predicted octanol–water partition coefficient (Wildman–Crippen LogP) is 3.44. The molecule has 210 valence electrons. The standard InChI is InChI=1S/C28H43N5O4S/c1-18(2)24(34)37-17-21(19-12-9-8-10-13-19)31-26(36)33-16-20(22(29)27(33,3)4)23(30)32-25(35)28(14-11-15-28)38(5,6)7/h8-10,12-13,18,21H,11,14-17,29H2,1-7H3,(H,31,36)(H2,30,32,35). The van der Waals surface area contributed by atoms with Crippen LogP contribution in [0.15, 0.2) is 46.6 Å². The van der Waals surface area contributed by atoms with E-state index in [0.717, 1.165) is 24.8 Å². The van der Waals surface area contributed by atoms with Crippen molar-refractivity contribution >= 4 is 33.8 Å². The first-order chi connectivity index (χ1) is 17.6. The van der Waals surface area contributed by atoms with Crippen LogP contribution in [0.3, 0.4) is 0 Å². The first kappa shape index (κ1) is 29.5. The van der Waals surface area contributed by atoms with Gasteiger partial charge in [0.1, 0.15) is 12.4 Å². The minimum Gasteiger partial charge on any atom is -0.463 e. The molecule has 5 N–H and O–H groups in total. The van der Waals surface area contributed by atoms with Crippen LogP contribution < -0.4 is 16.8 Å². The Morgan fingerprint density at radius 3 is 2.24 bits per heavy atom. The summed E-state index contributed by atoms with van der Waals surface area (Å²) >= 11 is 0. The molecule has 1 fully saturated rings. The molecule has 1 saturated carbocycles. The summed E-state index contributed by atoms with van der Waals surface area (Å²) in [5, 5.41) is 2.99. The van der Waals surface area contributed by atoms with Gasteiger partial charge in [0, 0.05) is 11.3 Å². The molecular formula is C28H43N5O4S. The number of rotatable bonds is 8. The van der Waals surface area contributed by atoms with E-state index < -0.39 is 32.4 Å². The van der Waals surface area contributed by atoms with Gasteiger partial charge in [-0.3, -0.25) is 9.59 Å². The summed E-state index contributed by atoms with van der Waals surface area (Å²) in [5.41, 5.74) is 13.7. The number of aliphatic imine (C=N–C) groups is 1. The van der Waals surface area contributed by atoms with Gasteiger partial charge >= 0.3 is 12.0 Å². The molecule has 3 amide bonds. The number of ether oxygens (including phenoxy) is 1. The lowest BCUT2D eigenvalue weighted by atomic mass is 9.83. The number of amides is 3. The van der Waals surface area contributed by atoms with Crippen molar-refractivity contribution < 1.29 is 19.1 Å². The summed E-state index contributed by atoms with van der Waals surface area (Å²) in [6, 6.07) is 8.37. The third-order valence-corrected chi connectivity index (χ3v) is 10.8. The van der Waals surface area contributed by atoms with Crippen LogP contribution in [0.2, 0.25) is 0 Å². The van der Waals surface area contributed by atoms with E-state index in [1.807, 2.05) is 44.2 Å². The molecule has 9 nitrogen and oxygen atoms in total. The van der Waals surface area contributed by atoms with Crippen molar-refractivity contribution in [1.29, 1.82) is 0 Å². The number of esters is 1. The van der Waals surface area contributed by atoms with E-state index in [1.165, 1.54) is 0 Å². The number of benzene rings is 1. The fourth-order valence-electron chi connectivity index (χ4n) is 4.83. The molecule has 0 radical (unpaired) electrons. The molecule has 2 aliphatic rings. The predicted molar refractivity (Wildman–Crippen MR) is 154 cm³/mol. The molecule has 10 heteroatoms. The number of hydrogen-bond acceptors (Lipinski definition) is 5. The second-order valence-electron chi connectivity index (χ2n) is 11.7. The molecule has 0 spiro atoms. The molecule has 0 bridgehead atoms. The highest BCUT2D eigenvalue weighted by Gasteiger charge is 2.51. The summed E-state index contributed by atoms with van der Waals surface area (Å²) in [7, 11) is -1.18. The van der Waals surface area contributed by atoms with E-state index in [-0.39, 0.29) is 36.8 Å². The molecule has 1 unspecified atom stereocenters. The smallest absolute Gasteiger partial charge is 0.319 e. The van der Waals surface area contributed by atoms with E-state index in [2.05, 4.69) is 29.1 Å². The van der Waals surface area contributed by atoms with Crippen LogP contribution in [0.25, 0.3) is 0 Å². The van der Waals surface area contributed by atoms with E-state index in [4.69, 9.17) is 16.2 Å². The molecule has 0 aromatic heterocycles. The molecule has 1 aromatic rings. The zero-order valence-corrected chi connectivity index (χ0v) is 24.5. The molecule has 1 atom stereocenters. The summed E-state index contributed by atoms with van der Waals surface area (Å²) < 4.78 is 5.00. The summed E-state index contributed by atoms with van der Waals surface area (Å²) in [4.78, 5) is 44.8. The highest BCUT2D eigenvalue weighted by Crippen LogP contribution is 2.61. The Morgan fingerprint density at radius 1 is 1.13 bits per heavy atom. The van der Waals surface area contributed by atoms with Gasteiger partial charge in [-0.1, -0.05) is 44.2 Å². The Balaban J connectivity index is 1.80. The van der Waals surface area contributed by atoms with Crippen LogP contribution in [-0.2, 0) is 14.3 Å². The first-order valence-electron chi connectivity index (χ1n) is 13.0. The Bertz CT molecular complexity index is 1130. The van der Waals surface area contributed by atoms with E-state index >= 15 is 0 Å². The first-order valence-corrected chi connectivity index (χ1v) is 15.8. The second-order valence-corrected chi connectivity index (χ2v) is 16.2. The lowest BCUT2D eigenvalue weighted by Crippen LogP contribution is -2.52. The van der Waals surface area contributed by atoms with Crippen molar-refractivity contribution in [2.45, 2.75) is 63.3 Å². The minimum absolute atomic E-state index is 0.00782. The second kappa shape index (κ2) is 11.0. The maximum atomic E-state index is 13.6. The van der Waals surface area contributed by atoms with Crippen LogP contribution >= 0.6 is 10.0 Å². The van der Waals surface area contributed by atoms with Crippen LogP contribution in [-0.4, -0.2) is 70.8 Å². The molecule has 1 heterocycles. The van der Waals surface area contributed by atoms with E-state index in [1.54, 1.807) is 18.7 Å². The van der Waals surface area contributed by atoms with Crippen molar-refractivity contribution in [1.82, 2.24) is 10.2 Å². The maximum absolute atomic E-state index is 13.6. The molecule has 38 heavy (non-hydrogen) atoms. The zero-order chi connectivity index (χ0) is 28.5. The van der Waals surface area contributed by atoms with Gasteiger partial charge in [0.15, 0.2) is 0 Å². The zero-order valence-electron chi connectivity index (χ0n) is 23.7. The highest BCUT2D eigenvalue weighted by atomic mass is 32.3. The van der Waals surface area contributed by atoms with Gasteiger partial charge in [-0.05, 0) is 57.4 Å². The number of amidine groups is 1. The van der Waals surface area contributed by atoms with Crippen LogP contribution in [0.4, 0.5) is 4.79 Å². The van der Waals surface area contributed by atoms with Gasteiger partial charge in [-0.15, -0.1) is 0 Å². The number of nitrogens with one attached hydrogen (secondary N) is 1. The Labute approximate surface area is 227 Å². The van der Waals surface area contributed by atoms with Gasteiger partial charge < -0.3 is 26.4 Å². The number of nitrogens with zero attached hydrogens (tertiary/aromatic N) is 2. The number of carbonyl (C=O) groups excluding carboxylic acids is 3. The fourth-order valence-corrected chi connectivity index (χ4v) is 6.91. The van der Waals surface area contributed by atoms with Gasteiger partial charge in [-0.25, -0.2) is 14.8 Å². The number of urea groups is 1. The molecule has 0 saturated heterocycles. The fraction of sp³-hybridized carbons (Fsp3) is 0.571. The van der Waals surface area contributed by atoms with Crippen molar-refractivity contribution in [2.24, 2.45) is 22.4 Å².